The van der Waals surface area contributed by atoms with E-state index in [0.29, 0.717) is 18.2 Å². The molecule has 2 amide bonds. The Morgan fingerprint density at radius 3 is 2.44 bits per heavy atom. The highest BCUT2D eigenvalue weighted by Gasteiger charge is 2.23. The van der Waals surface area contributed by atoms with E-state index in [2.05, 4.69) is 5.32 Å². The molecular weight excluding hydrogens is 438 g/mol. The first-order valence-corrected chi connectivity index (χ1v) is 11.2. The molecule has 0 atom stereocenters. The van der Waals surface area contributed by atoms with Crippen molar-refractivity contribution in [3.63, 3.8) is 0 Å². The highest BCUT2D eigenvalue weighted by molar-refractivity contribution is 5.99. The molecule has 1 N–H and O–H groups in total. The quantitative estimate of drug-likeness (QED) is 0.504. The number of amides is 2. The second-order valence-corrected chi connectivity index (χ2v) is 8.30. The van der Waals surface area contributed by atoms with Crippen LogP contribution < -0.4 is 15.5 Å². The molecule has 34 heavy (non-hydrogen) atoms. The lowest BCUT2D eigenvalue weighted by atomic mass is 10.1. The summed E-state index contributed by atoms with van der Waals surface area (Å²) in [5.74, 6) is -0.801. The Morgan fingerprint density at radius 1 is 1.12 bits per heavy atom. The zero-order valence-electron chi connectivity index (χ0n) is 20.4. The number of carbonyl (C=O) groups excluding carboxylic acids is 3. The van der Waals surface area contributed by atoms with Crippen LogP contribution in [0.25, 0.3) is 0 Å². The van der Waals surface area contributed by atoms with E-state index in [0.717, 1.165) is 16.9 Å². The van der Waals surface area contributed by atoms with Crippen molar-refractivity contribution in [2.24, 2.45) is 5.92 Å². The number of likely N-dealkylation sites (N-methyl/N-ethyl adjacent to an activating group) is 1. The third kappa shape index (κ3) is 7.19. The van der Waals surface area contributed by atoms with Crippen LogP contribution in [-0.2, 0) is 16.1 Å². The highest BCUT2D eigenvalue weighted by Crippen LogP contribution is 2.19. The van der Waals surface area contributed by atoms with Crippen LogP contribution in [-0.4, -0.2) is 61.1 Å². The summed E-state index contributed by atoms with van der Waals surface area (Å²) in [6.45, 7) is 6.26. The number of esters is 1. The number of pyridine rings is 1. The number of benzene rings is 1. The molecule has 0 saturated heterocycles. The van der Waals surface area contributed by atoms with Gasteiger partial charge in [0.2, 0.25) is 5.43 Å². The van der Waals surface area contributed by atoms with E-state index in [1.807, 2.05) is 32.0 Å². The van der Waals surface area contributed by atoms with Crippen LogP contribution in [0, 0.1) is 5.92 Å². The van der Waals surface area contributed by atoms with Crippen molar-refractivity contribution in [2.45, 2.75) is 33.7 Å². The van der Waals surface area contributed by atoms with Gasteiger partial charge in [0.05, 0.1) is 20.3 Å². The SMILES string of the molecule is CCOC(=O)CN(C)C(=O)c1cn(Cc2ccccc2OC)cc(C(=O)NCCC(C)C)c1=O. The summed E-state index contributed by atoms with van der Waals surface area (Å²) in [6.07, 6.45) is 3.58. The number of nitrogens with one attached hydrogen (secondary N) is 1. The summed E-state index contributed by atoms with van der Waals surface area (Å²) < 4.78 is 11.9. The molecule has 0 bridgehead atoms. The van der Waals surface area contributed by atoms with Gasteiger partial charge in [-0.15, -0.1) is 0 Å². The molecule has 0 unspecified atom stereocenters. The summed E-state index contributed by atoms with van der Waals surface area (Å²) >= 11 is 0. The maximum absolute atomic E-state index is 13.1. The van der Waals surface area contributed by atoms with Crippen molar-refractivity contribution in [1.29, 1.82) is 0 Å². The van der Waals surface area contributed by atoms with E-state index in [1.165, 1.54) is 19.4 Å². The molecular formula is C25H33N3O6. The first-order valence-electron chi connectivity index (χ1n) is 11.2. The fourth-order valence-electron chi connectivity index (χ4n) is 3.31. The molecule has 0 saturated carbocycles. The average molecular weight is 472 g/mol. The lowest BCUT2D eigenvalue weighted by molar-refractivity contribution is -0.143. The van der Waals surface area contributed by atoms with Crippen molar-refractivity contribution >= 4 is 17.8 Å². The van der Waals surface area contributed by atoms with Crippen LogP contribution in [0.4, 0.5) is 0 Å². The Hall–Kier alpha value is -3.62. The number of ether oxygens (including phenoxy) is 2. The maximum atomic E-state index is 13.1. The van der Waals surface area contributed by atoms with Crippen molar-refractivity contribution in [2.75, 3.05) is 33.9 Å². The number of para-hydroxylation sites is 1. The lowest BCUT2D eigenvalue weighted by Gasteiger charge is -2.18. The summed E-state index contributed by atoms with van der Waals surface area (Å²) in [4.78, 5) is 51.9. The van der Waals surface area contributed by atoms with E-state index < -0.39 is 23.2 Å². The predicted molar refractivity (Wildman–Crippen MR) is 128 cm³/mol. The predicted octanol–water partition coefficient (Wildman–Crippen LogP) is 2.32. The van der Waals surface area contributed by atoms with Gasteiger partial charge in [0.25, 0.3) is 11.8 Å². The van der Waals surface area contributed by atoms with Gasteiger partial charge in [-0.25, -0.2) is 0 Å². The molecule has 184 valence electrons. The molecule has 2 aromatic rings. The standard InChI is InChI=1S/C25H33N3O6/c1-6-34-22(29)16-27(4)25(32)20-15-28(13-18-9-7-8-10-21(18)33-5)14-19(23(20)30)24(31)26-12-11-17(2)3/h7-10,14-15,17H,6,11-13,16H2,1-5H3,(H,26,31). The molecule has 0 spiro atoms. The van der Waals surface area contributed by atoms with Gasteiger partial charge in [-0.05, 0) is 25.3 Å². The average Bonchev–Trinajstić information content (AvgIpc) is 2.79. The fourth-order valence-corrected chi connectivity index (χ4v) is 3.31. The largest absolute Gasteiger partial charge is 0.496 e. The first-order chi connectivity index (χ1) is 16.2. The number of carbonyl (C=O) groups is 3. The molecule has 9 nitrogen and oxygen atoms in total. The molecule has 1 aromatic heterocycles. The molecule has 1 heterocycles. The van der Waals surface area contributed by atoms with Gasteiger partial charge in [-0.3, -0.25) is 19.2 Å². The topological polar surface area (TPSA) is 107 Å². The molecule has 0 radical (unpaired) electrons. The highest BCUT2D eigenvalue weighted by atomic mass is 16.5. The molecule has 1 aromatic carbocycles. The smallest absolute Gasteiger partial charge is 0.325 e. The van der Waals surface area contributed by atoms with E-state index in [9.17, 15) is 19.2 Å². The maximum Gasteiger partial charge on any atom is 0.325 e. The Morgan fingerprint density at radius 2 is 1.79 bits per heavy atom. The van der Waals surface area contributed by atoms with E-state index in [-0.39, 0.29) is 30.8 Å². The monoisotopic (exact) mass is 471 g/mol. The minimum absolute atomic E-state index is 0.144. The van der Waals surface area contributed by atoms with Crippen LogP contribution in [0.2, 0.25) is 0 Å². The van der Waals surface area contributed by atoms with Gasteiger partial charge in [0.1, 0.15) is 23.4 Å². The third-order valence-corrected chi connectivity index (χ3v) is 5.13. The zero-order valence-corrected chi connectivity index (χ0v) is 20.4. The van der Waals surface area contributed by atoms with Crippen LogP contribution >= 0.6 is 0 Å². The van der Waals surface area contributed by atoms with Crippen molar-refractivity contribution < 1.29 is 23.9 Å². The van der Waals surface area contributed by atoms with Gasteiger partial charge in [0, 0.05) is 31.5 Å². The molecule has 9 heteroatoms. The minimum Gasteiger partial charge on any atom is -0.496 e. The Kier molecular flexibility index (Phi) is 9.85. The number of rotatable bonds is 11. The van der Waals surface area contributed by atoms with Gasteiger partial charge < -0.3 is 24.3 Å². The van der Waals surface area contributed by atoms with Gasteiger partial charge >= 0.3 is 5.97 Å². The van der Waals surface area contributed by atoms with Crippen LogP contribution in [0.5, 0.6) is 5.75 Å². The lowest BCUT2D eigenvalue weighted by Crippen LogP contribution is -2.38. The number of nitrogens with zero attached hydrogens (tertiary/aromatic N) is 2. The van der Waals surface area contributed by atoms with Crippen molar-refractivity contribution in [3.05, 3.63) is 63.6 Å². The molecule has 0 aliphatic carbocycles. The van der Waals surface area contributed by atoms with E-state index in [1.54, 1.807) is 24.7 Å². The molecule has 0 aliphatic heterocycles. The third-order valence-electron chi connectivity index (χ3n) is 5.13. The summed E-state index contributed by atoms with van der Waals surface area (Å²) in [5, 5.41) is 2.75. The second-order valence-electron chi connectivity index (χ2n) is 8.30. The number of hydrogen-bond acceptors (Lipinski definition) is 6. The van der Waals surface area contributed by atoms with Crippen LogP contribution in [0.1, 0.15) is 53.5 Å². The first kappa shape index (κ1) is 26.6. The minimum atomic E-state index is -0.695. The molecule has 2 rings (SSSR count). The number of hydrogen-bond donors (Lipinski definition) is 1. The Balaban J connectivity index is 2.45. The molecule has 0 fully saturated rings. The van der Waals surface area contributed by atoms with Gasteiger partial charge in [0.15, 0.2) is 0 Å². The van der Waals surface area contributed by atoms with Gasteiger partial charge in [-0.1, -0.05) is 32.0 Å². The Bertz CT molecular complexity index is 1080. The fraction of sp³-hybridized carbons (Fsp3) is 0.440. The number of aromatic nitrogens is 1. The van der Waals surface area contributed by atoms with Crippen LogP contribution in [0.15, 0.2) is 41.5 Å². The summed E-state index contributed by atoms with van der Waals surface area (Å²) in [6, 6.07) is 7.34. The second kappa shape index (κ2) is 12.6. The summed E-state index contributed by atoms with van der Waals surface area (Å²) in [7, 11) is 2.95. The number of methoxy groups -OCH3 is 1. The van der Waals surface area contributed by atoms with E-state index in [4.69, 9.17) is 9.47 Å². The zero-order chi connectivity index (χ0) is 25.3. The molecule has 0 aliphatic rings. The normalized spacial score (nSPS) is 10.6. The van der Waals surface area contributed by atoms with Crippen molar-refractivity contribution in [3.8, 4) is 5.75 Å². The van der Waals surface area contributed by atoms with Gasteiger partial charge in [-0.2, -0.15) is 0 Å². The van der Waals surface area contributed by atoms with Crippen LogP contribution in [0.3, 0.4) is 0 Å². The summed E-state index contributed by atoms with van der Waals surface area (Å²) in [5.41, 5.74) is -0.246. The van der Waals surface area contributed by atoms with E-state index >= 15 is 0 Å². The van der Waals surface area contributed by atoms with Crippen molar-refractivity contribution in [1.82, 2.24) is 14.8 Å². The Labute approximate surface area is 199 Å².